The summed E-state index contributed by atoms with van der Waals surface area (Å²) >= 11 is 0. The molecule has 2 atom stereocenters. The smallest absolute Gasteiger partial charge is 0.179 e. The van der Waals surface area contributed by atoms with Crippen molar-refractivity contribution in [3.63, 3.8) is 0 Å². The predicted octanol–water partition coefficient (Wildman–Crippen LogP) is 8.39. The molecule has 8 heteroatoms. The van der Waals surface area contributed by atoms with Crippen LogP contribution in [0.1, 0.15) is 86.2 Å². The first kappa shape index (κ1) is 36.4. The molecular weight excluding hydrogens is 628 g/mol. The van der Waals surface area contributed by atoms with Crippen molar-refractivity contribution in [3.05, 3.63) is 119 Å². The Bertz CT molecular complexity index is 1670. The van der Waals surface area contributed by atoms with Gasteiger partial charge in [0.1, 0.15) is 12.4 Å². The summed E-state index contributed by atoms with van der Waals surface area (Å²) in [5.74, 6) is 0.206. The third kappa shape index (κ3) is 8.56. The number of hydrogen-bond donors (Lipinski definition) is 1. The molecule has 0 bridgehead atoms. The monoisotopic (exact) mass is 676 g/mol. The van der Waals surface area contributed by atoms with Gasteiger partial charge in [-0.1, -0.05) is 82.0 Å². The lowest BCUT2D eigenvalue weighted by Gasteiger charge is -2.40. The van der Waals surface area contributed by atoms with E-state index >= 15 is 0 Å². The summed E-state index contributed by atoms with van der Waals surface area (Å²) in [5, 5.41) is 12.4. The minimum Gasteiger partial charge on any atom is -0.489 e. The fraction of sp³-hybridized carbons (Fsp3) is 0.410. The fourth-order valence-electron chi connectivity index (χ4n) is 6.79. The minimum absolute atomic E-state index is 0. The zero-order valence-corrected chi connectivity index (χ0v) is 29.7. The molecule has 0 saturated carbocycles. The van der Waals surface area contributed by atoms with E-state index in [-0.39, 0.29) is 18.2 Å². The van der Waals surface area contributed by atoms with Gasteiger partial charge in [-0.05, 0) is 77.6 Å². The molecule has 0 fully saturated rings. The van der Waals surface area contributed by atoms with Crippen molar-refractivity contribution in [2.24, 2.45) is 5.41 Å². The van der Waals surface area contributed by atoms with Crippen molar-refractivity contribution in [2.45, 2.75) is 82.3 Å². The number of hydrogen-bond acceptors (Lipinski definition) is 6. The van der Waals surface area contributed by atoms with Gasteiger partial charge in [-0.25, -0.2) is 8.42 Å². The lowest BCUT2D eigenvalue weighted by Crippen LogP contribution is -2.43. The van der Waals surface area contributed by atoms with Crippen molar-refractivity contribution >= 4 is 27.9 Å². The SMILES string of the molecule is CCCCC1(CCCC)CS(=O)(=O)c2ccc(N(C)C)cc2[C@@H](c2ccc(OCc3ccc(Cc4ccccn4)cc3)cc2)[C@H]1O.Cl. The number of unbranched alkanes of at least 4 members (excludes halogenated alkanes) is 2. The molecule has 4 aromatic rings. The highest BCUT2D eigenvalue weighted by Gasteiger charge is 2.49. The van der Waals surface area contributed by atoms with Crippen LogP contribution in [0, 0.1) is 5.41 Å². The van der Waals surface area contributed by atoms with Gasteiger partial charge in [0.15, 0.2) is 9.84 Å². The minimum atomic E-state index is -3.64. The molecule has 5 rings (SSSR count). The van der Waals surface area contributed by atoms with E-state index in [1.165, 1.54) is 5.56 Å². The van der Waals surface area contributed by atoms with E-state index in [0.717, 1.165) is 60.4 Å². The number of rotatable bonds is 13. The molecule has 1 aromatic heterocycles. The van der Waals surface area contributed by atoms with Crippen molar-refractivity contribution in [1.29, 1.82) is 0 Å². The van der Waals surface area contributed by atoms with Gasteiger partial charge in [-0.2, -0.15) is 0 Å². The van der Waals surface area contributed by atoms with Crippen LogP contribution >= 0.6 is 12.4 Å². The van der Waals surface area contributed by atoms with Crippen LogP contribution in [0.15, 0.2) is 96.0 Å². The zero-order chi connectivity index (χ0) is 32.7. The number of benzene rings is 3. The number of nitrogens with zero attached hydrogens (tertiary/aromatic N) is 2. The van der Waals surface area contributed by atoms with Crippen molar-refractivity contribution < 1.29 is 18.3 Å². The molecule has 0 spiro atoms. The van der Waals surface area contributed by atoms with Crippen LogP contribution in [0.4, 0.5) is 5.69 Å². The molecule has 1 N–H and O–H groups in total. The van der Waals surface area contributed by atoms with E-state index in [1.807, 2.05) is 79.8 Å². The van der Waals surface area contributed by atoms with Crippen LogP contribution in [0.5, 0.6) is 5.75 Å². The average molecular weight is 677 g/mol. The van der Waals surface area contributed by atoms with Crippen LogP contribution in [-0.4, -0.2) is 44.5 Å². The summed E-state index contributed by atoms with van der Waals surface area (Å²) in [7, 11) is 0.261. The Kier molecular flexibility index (Phi) is 12.5. The molecule has 0 amide bonds. The molecule has 2 heterocycles. The van der Waals surface area contributed by atoms with Gasteiger partial charge in [-0.15, -0.1) is 12.4 Å². The average Bonchev–Trinajstić information content (AvgIpc) is 3.13. The van der Waals surface area contributed by atoms with Crippen molar-refractivity contribution in [3.8, 4) is 5.75 Å². The third-order valence-electron chi connectivity index (χ3n) is 9.44. The molecule has 0 saturated heterocycles. The summed E-state index contributed by atoms with van der Waals surface area (Å²) in [6, 6.07) is 27.8. The Labute approximate surface area is 287 Å². The van der Waals surface area contributed by atoms with Crippen LogP contribution in [0.2, 0.25) is 0 Å². The lowest BCUT2D eigenvalue weighted by atomic mass is 9.68. The van der Waals surface area contributed by atoms with E-state index in [9.17, 15) is 13.5 Å². The first-order valence-corrected chi connectivity index (χ1v) is 18.2. The predicted molar refractivity (Wildman–Crippen MR) is 194 cm³/mol. The summed E-state index contributed by atoms with van der Waals surface area (Å²) in [6.45, 7) is 4.67. The number of aromatic nitrogens is 1. The van der Waals surface area contributed by atoms with E-state index in [1.54, 1.807) is 6.07 Å². The Balaban J connectivity index is 0.00000500. The summed E-state index contributed by atoms with van der Waals surface area (Å²) in [6.07, 6.45) is 6.75. The molecule has 1 aliphatic heterocycles. The molecule has 1 aliphatic rings. The van der Waals surface area contributed by atoms with Gasteiger partial charge in [0.25, 0.3) is 0 Å². The first-order chi connectivity index (χ1) is 22.2. The number of pyridine rings is 1. The zero-order valence-electron chi connectivity index (χ0n) is 28.1. The lowest BCUT2D eigenvalue weighted by molar-refractivity contribution is 0.0127. The van der Waals surface area contributed by atoms with E-state index in [0.29, 0.717) is 29.9 Å². The van der Waals surface area contributed by atoms with Gasteiger partial charge < -0.3 is 14.7 Å². The number of aliphatic hydroxyl groups excluding tert-OH is 1. The second kappa shape index (κ2) is 16.1. The molecule has 3 aromatic carbocycles. The fourth-order valence-corrected chi connectivity index (χ4v) is 8.99. The second-order valence-corrected chi connectivity index (χ2v) is 15.0. The van der Waals surface area contributed by atoms with Gasteiger partial charge in [0.05, 0.1) is 16.8 Å². The molecular formula is C39H49ClN2O4S. The number of ether oxygens (including phenoxy) is 1. The highest BCUT2D eigenvalue weighted by molar-refractivity contribution is 7.91. The molecule has 0 aliphatic carbocycles. The van der Waals surface area contributed by atoms with Crippen molar-refractivity contribution in [2.75, 3.05) is 24.7 Å². The van der Waals surface area contributed by atoms with Crippen molar-refractivity contribution in [1.82, 2.24) is 4.98 Å². The largest absolute Gasteiger partial charge is 0.489 e. The second-order valence-electron chi connectivity index (χ2n) is 13.0. The van der Waals surface area contributed by atoms with Crippen LogP contribution in [0.25, 0.3) is 0 Å². The van der Waals surface area contributed by atoms with Gasteiger partial charge in [-0.3, -0.25) is 4.98 Å². The maximum Gasteiger partial charge on any atom is 0.179 e. The molecule has 6 nitrogen and oxygen atoms in total. The quantitative estimate of drug-likeness (QED) is 0.153. The Morgan fingerprint density at radius 2 is 1.55 bits per heavy atom. The molecule has 252 valence electrons. The maximum atomic E-state index is 14.1. The summed E-state index contributed by atoms with van der Waals surface area (Å²) in [5.41, 5.74) is 5.05. The van der Waals surface area contributed by atoms with Crippen LogP contribution in [0.3, 0.4) is 0 Å². The highest BCUT2D eigenvalue weighted by atomic mass is 35.5. The third-order valence-corrected chi connectivity index (χ3v) is 11.4. The number of aliphatic hydroxyl groups is 1. The first-order valence-electron chi connectivity index (χ1n) is 16.6. The van der Waals surface area contributed by atoms with E-state index in [2.05, 4.69) is 43.1 Å². The Morgan fingerprint density at radius 3 is 2.15 bits per heavy atom. The molecule has 0 radical (unpaired) electrons. The van der Waals surface area contributed by atoms with Gasteiger partial charge in [0.2, 0.25) is 0 Å². The number of anilines is 1. The Hall–Kier alpha value is -3.39. The number of sulfone groups is 1. The van der Waals surface area contributed by atoms with Gasteiger partial charge in [0, 0.05) is 49.4 Å². The summed E-state index contributed by atoms with van der Waals surface area (Å²) < 4.78 is 34.3. The van der Waals surface area contributed by atoms with Gasteiger partial charge >= 0.3 is 0 Å². The van der Waals surface area contributed by atoms with Crippen LogP contribution < -0.4 is 9.64 Å². The van der Waals surface area contributed by atoms with Crippen LogP contribution in [-0.2, 0) is 22.9 Å². The molecule has 0 unspecified atom stereocenters. The Morgan fingerprint density at radius 1 is 0.894 bits per heavy atom. The van der Waals surface area contributed by atoms with E-state index in [4.69, 9.17) is 4.74 Å². The topological polar surface area (TPSA) is 79.7 Å². The van der Waals surface area contributed by atoms with E-state index < -0.39 is 27.3 Å². The number of fused-ring (bicyclic) bond motifs is 1. The number of halogens is 1. The summed E-state index contributed by atoms with van der Waals surface area (Å²) in [4.78, 5) is 6.73. The normalized spacial score (nSPS) is 18.0. The maximum absolute atomic E-state index is 14.1. The molecule has 47 heavy (non-hydrogen) atoms. The standard InChI is InChI=1S/C39H48N2O4S.ClH/c1-5-7-22-39(23-8-6-2)28-46(43,44)36-21-18-33(41(3)4)26-35(36)37(38(39)42)31-16-19-34(20-17-31)45-27-30-14-12-29(13-15-30)25-32-11-9-10-24-40-32;/h9-21,24,26,37-38,42H,5-8,22-23,25,27-28H2,1-4H3;1H/t37-,38-;/m1./s1. The highest BCUT2D eigenvalue weighted by Crippen LogP contribution is 2.50.